The van der Waals surface area contributed by atoms with E-state index in [0.29, 0.717) is 0 Å². The summed E-state index contributed by atoms with van der Waals surface area (Å²) in [6, 6.07) is 18.8. The summed E-state index contributed by atoms with van der Waals surface area (Å²) in [5.74, 6) is 0.121. The summed E-state index contributed by atoms with van der Waals surface area (Å²) in [6.45, 7) is 3.32. The van der Waals surface area contributed by atoms with E-state index in [4.69, 9.17) is 5.11 Å². The molecule has 5 N–H and O–H groups in total. The Hall–Kier alpha value is 0.717. The molecule has 0 saturated carbocycles. The van der Waals surface area contributed by atoms with Gasteiger partial charge in [0, 0.05) is 88.1 Å². The molecule has 0 bridgehead atoms. The third kappa shape index (κ3) is 13.2. The van der Waals surface area contributed by atoms with Crippen molar-refractivity contribution in [2.45, 2.75) is 20.0 Å². The van der Waals surface area contributed by atoms with Crippen molar-refractivity contribution < 1.29 is 103 Å². The Morgan fingerprint density at radius 1 is 0.864 bits per heavy atom. The molecule has 0 saturated heterocycles. The van der Waals surface area contributed by atoms with Gasteiger partial charge in [-0.15, -0.1) is 0 Å². The number of aliphatic hydroxyl groups is 1. The molecular weight excluding hydrogens is 538 g/mol. The molecular formula is C16H22O4Pr2. The summed E-state index contributed by atoms with van der Waals surface area (Å²) in [5.41, 5.74) is 1.75. The minimum atomic E-state index is -0.341. The van der Waals surface area contributed by atoms with Crippen LogP contribution in [0.5, 0.6) is 0 Å². The molecule has 2 aromatic rings. The second kappa shape index (κ2) is 18.1. The van der Waals surface area contributed by atoms with Gasteiger partial charge < -0.3 is 16.1 Å². The van der Waals surface area contributed by atoms with E-state index in [0.717, 1.165) is 11.1 Å². The van der Waals surface area contributed by atoms with Crippen molar-refractivity contribution in [3.63, 3.8) is 0 Å². The number of benzene rings is 2. The van der Waals surface area contributed by atoms with Crippen molar-refractivity contribution in [3.8, 4) is 0 Å². The topological polar surface area (TPSA) is 100 Å². The molecule has 0 spiro atoms. The van der Waals surface area contributed by atoms with Crippen LogP contribution in [0.15, 0.2) is 60.7 Å². The van der Waals surface area contributed by atoms with Crippen LogP contribution in [0, 0.1) is 82.6 Å². The summed E-state index contributed by atoms with van der Waals surface area (Å²) < 4.78 is 0. The average molecular weight is 560 g/mol. The van der Waals surface area contributed by atoms with Gasteiger partial charge in [0.05, 0.1) is 6.10 Å². The Balaban J connectivity index is -0.000000125. The number of carbonyl (C=O) groups is 1. The molecule has 0 aliphatic carbocycles. The standard InChI is InChI=1S/C8H10O.C8H8O.2H2O.2Pr/c2*1-7(9)8-5-3-2-4-6-8;;;;/h2-7,9H,1H3;2-6H,1H3;2*1H2;;. The Morgan fingerprint density at radius 3 is 1.45 bits per heavy atom. The predicted octanol–water partition coefficient (Wildman–Crippen LogP) is 1.98. The number of aliphatic hydroxyl groups excluding tert-OH is 1. The molecule has 4 nitrogen and oxygen atoms in total. The zero-order chi connectivity index (χ0) is 13.4. The Bertz CT molecular complexity index is 476. The van der Waals surface area contributed by atoms with E-state index in [2.05, 4.69) is 0 Å². The van der Waals surface area contributed by atoms with E-state index in [9.17, 15) is 4.79 Å². The van der Waals surface area contributed by atoms with Crippen LogP contribution >= 0.6 is 0 Å². The third-order valence-corrected chi connectivity index (χ3v) is 2.46. The predicted molar refractivity (Wildman–Crippen MR) is 80.7 cm³/mol. The van der Waals surface area contributed by atoms with Crippen LogP contribution in [0.3, 0.4) is 0 Å². The second-order valence-corrected chi connectivity index (χ2v) is 4.01. The fourth-order valence-corrected chi connectivity index (χ4v) is 1.40. The van der Waals surface area contributed by atoms with E-state index in [1.807, 2.05) is 60.7 Å². The molecule has 2 aromatic carbocycles. The maximum Gasteiger partial charge on any atom is 0.159 e. The van der Waals surface area contributed by atoms with Crippen LogP contribution in [0.4, 0.5) is 0 Å². The van der Waals surface area contributed by atoms with Crippen molar-refractivity contribution in [2.75, 3.05) is 0 Å². The fourth-order valence-electron chi connectivity index (χ4n) is 1.40. The van der Waals surface area contributed by atoms with Crippen molar-refractivity contribution in [2.24, 2.45) is 0 Å². The van der Waals surface area contributed by atoms with Gasteiger partial charge in [-0.2, -0.15) is 0 Å². The Kier molecular flexibility index (Phi) is 25.1. The van der Waals surface area contributed by atoms with Gasteiger partial charge >= 0.3 is 0 Å². The van der Waals surface area contributed by atoms with Crippen molar-refractivity contribution in [1.29, 1.82) is 0 Å². The van der Waals surface area contributed by atoms with Crippen LogP contribution in [-0.4, -0.2) is 21.8 Å². The maximum atomic E-state index is 10.6. The van der Waals surface area contributed by atoms with Crippen molar-refractivity contribution in [1.82, 2.24) is 0 Å². The first-order valence-corrected chi connectivity index (χ1v) is 5.90. The van der Waals surface area contributed by atoms with Crippen LogP contribution in [0.25, 0.3) is 0 Å². The monoisotopic (exact) mass is 560 g/mol. The molecule has 0 aliphatic rings. The maximum absolute atomic E-state index is 10.6. The fraction of sp³-hybridized carbons (Fsp3) is 0.188. The average Bonchev–Trinajstić information content (AvgIpc) is 2.41. The van der Waals surface area contributed by atoms with Crippen LogP contribution < -0.4 is 0 Å². The second-order valence-electron chi connectivity index (χ2n) is 4.01. The zero-order valence-corrected chi connectivity index (χ0v) is 20.3. The van der Waals surface area contributed by atoms with Gasteiger partial charge in [-0.3, -0.25) is 4.79 Å². The molecule has 22 heavy (non-hydrogen) atoms. The van der Waals surface area contributed by atoms with E-state index in [-0.39, 0.29) is 105 Å². The van der Waals surface area contributed by atoms with Crippen LogP contribution in [-0.2, 0) is 0 Å². The molecule has 0 aliphatic heterocycles. The van der Waals surface area contributed by atoms with Gasteiger partial charge in [-0.1, -0.05) is 60.7 Å². The summed E-state index contributed by atoms with van der Waals surface area (Å²) in [4.78, 5) is 10.6. The summed E-state index contributed by atoms with van der Waals surface area (Å²) in [6.07, 6.45) is -0.341. The third-order valence-electron chi connectivity index (χ3n) is 2.46. The number of hydrogen-bond acceptors (Lipinski definition) is 2. The van der Waals surface area contributed by atoms with Crippen molar-refractivity contribution >= 4 is 5.78 Å². The minimum absolute atomic E-state index is 0. The van der Waals surface area contributed by atoms with E-state index in [1.54, 1.807) is 13.8 Å². The van der Waals surface area contributed by atoms with Gasteiger partial charge in [0.1, 0.15) is 0 Å². The smallest absolute Gasteiger partial charge is 0.159 e. The number of ketones is 1. The molecule has 0 aromatic heterocycles. The molecule has 1 unspecified atom stereocenters. The molecule has 0 amide bonds. The van der Waals surface area contributed by atoms with Gasteiger partial charge in [0.2, 0.25) is 0 Å². The molecule has 6 heteroatoms. The van der Waals surface area contributed by atoms with Gasteiger partial charge in [-0.05, 0) is 19.4 Å². The number of carbonyl (C=O) groups excluding carboxylic acids is 1. The van der Waals surface area contributed by atoms with Crippen molar-refractivity contribution in [3.05, 3.63) is 71.8 Å². The Labute approximate surface area is 198 Å². The minimum Gasteiger partial charge on any atom is -0.412 e. The quantitative estimate of drug-likeness (QED) is 0.569. The number of rotatable bonds is 2. The van der Waals surface area contributed by atoms with E-state index in [1.165, 1.54) is 0 Å². The van der Waals surface area contributed by atoms with Crippen LogP contribution in [0.1, 0.15) is 35.9 Å². The van der Waals surface area contributed by atoms with Gasteiger partial charge in [0.15, 0.2) is 5.78 Å². The molecule has 2 rings (SSSR count). The van der Waals surface area contributed by atoms with E-state index >= 15 is 0 Å². The normalized spacial score (nSPS) is 9.05. The van der Waals surface area contributed by atoms with Gasteiger partial charge in [0.25, 0.3) is 0 Å². The molecule has 0 heterocycles. The van der Waals surface area contributed by atoms with Crippen LogP contribution in [0.2, 0.25) is 0 Å². The summed E-state index contributed by atoms with van der Waals surface area (Å²) in [7, 11) is 0. The largest absolute Gasteiger partial charge is 0.412 e. The number of Topliss-reactive ketones (excluding diaryl/α,β-unsaturated/α-hetero) is 1. The first kappa shape index (κ1) is 30.6. The Morgan fingerprint density at radius 2 is 1.23 bits per heavy atom. The summed E-state index contributed by atoms with van der Waals surface area (Å²) >= 11 is 0. The SMILES string of the molecule is CC(=O)c1ccccc1.CC(O)c1ccccc1.O.O.[Pr].[Pr]. The van der Waals surface area contributed by atoms with E-state index < -0.39 is 0 Å². The molecule has 116 valence electrons. The molecule has 2 radical (unpaired) electrons. The number of hydrogen-bond donors (Lipinski definition) is 1. The first-order chi connectivity index (χ1) is 8.61. The molecule has 0 fully saturated rings. The summed E-state index contributed by atoms with van der Waals surface area (Å²) in [5, 5.41) is 9.02. The molecule has 1 atom stereocenters. The first-order valence-electron chi connectivity index (χ1n) is 5.90. The van der Waals surface area contributed by atoms with Gasteiger partial charge in [-0.25, -0.2) is 0 Å². The zero-order valence-electron chi connectivity index (χ0n) is 12.9.